The van der Waals surface area contributed by atoms with Gasteiger partial charge in [0.25, 0.3) is 5.91 Å². The fraction of sp³-hybridized carbons (Fsp3) is 0.333. The second-order valence-electron chi connectivity index (χ2n) is 5.52. The summed E-state index contributed by atoms with van der Waals surface area (Å²) in [6.45, 7) is 7.37. The smallest absolute Gasteiger partial charge is 0.330 e. The van der Waals surface area contributed by atoms with Gasteiger partial charge in [-0.2, -0.15) is 0 Å². The van der Waals surface area contributed by atoms with E-state index in [1.807, 2.05) is 26.0 Å². The first-order valence-corrected chi connectivity index (χ1v) is 8.63. The van der Waals surface area contributed by atoms with Crippen molar-refractivity contribution in [3.05, 3.63) is 41.5 Å². The Bertz CT molecular complexity index is 749. The summed E-state index contributed by atoms with van der Waals surface area (Å²) in [7, 11) is 0. The predicted octanol–water partition coefficient (Wildman–Crippen LogP) is 1.21. The van der Waals surface area contributed by atoms with Crippen LogP contribution in [0.4, 0.5) is 0 Å². The number of amides is 2. The van der Waals surface area contributed by atoms with Crippen LogP contribution in [-0.4, -0.2) is 35.6 Å². The maximum Gasteiger partial charge on any atom is 0.330 e. The minimum absolute atomic E-state index is 0.139. The maximum absolute atomic E-state index is 12.0. The third-order valence-electron chi connectivity index (χ3n) is 3.35. The third kappa shape index (κ3) is 8.32. The van der Waals surface area contributed by atoms with E-state index in [0.717, 1.165) is 23.3 Å². The van der Waals surface area contributed by atoms with E-state index in [1.54, 1.807) is 19.9 Å². The summed E-state index contributed by atoms with van der Waals surface area (Å²) in [6, 6.07) is 5.52. The monoisotopic (exact) mass is 393 g/mol. The molecule has 0 bridgehead atoms. The number of esters is 1. The van der Waals surface area contributed by atoms with E-state index in [9.17, 15) is 14.4 Å². The first kappa shape index (κ1) is 22.1. The molecule has 0 saturated heterocycles. The van der Waals surface area contributed by atoms with Crippen LogP contribution in [0.15, 0.2) is 30.4 Å². The summed E-state index contributed by atoms with van der Waals surface area (Å²) in [4.78, 5) is 34.7. The number of carbonyl (C=O) groups is 3. The molecule has 27 heavy (non-hydrogen) atoms. The van der Waals surface area contributed by atoms with Gasteiger partial charge >= 0.3 is 5.97 Å². The zero-order valence-corrected chi connectivity index (χ0v) is 16.4. The summed E-state index contributed by atoms with van der Waals surface area (Å²) in [5, 5.41) is 2.13. The van der Waals surface area contributed by atoms with E-state index in [0.29, 0.717) is 5.75 Å². The van der Waals surface area contributed by atoms with Crippen LogP contribution in [0.1, 0.15) is 25.0 Å². The van der Waals surface area contributed by atoms with Crippen molar-refractivity contribution in [2.24, 2.45) is 0 Å². The second-order valence-corrected chi connectivity index (χ2v) is 5.93. The number of aryl methyl sites for hydroxylation is 2. The van der Waals surface area contributed by atoms with Crippen molar-refractivity contribution in [2.75, 3.05) is 6.61 Å². The molecule has 1 rings (SSSR count). The van der Waals surface area contributed by atoms with Crippen molar-refractivity contribution in [2.45, 2.75) is 33.8 Å². The molecular weight excluding hydrogens is 370 g/mol. The van der Waals surface area contributed by atoms with Gasteiger partial charge in [-0.1, -0.05) is 6.07 Å². The summed E-state index contributed by atoms with van der Waals surface area (Å²) < 4.78 is 10.2. The molecule has 0 heterocycles. The zero-order valence-electron chi connectivity index (χ0n) is 15.6. The van der Waals surface area contributed by atoms with Crippen LogP contribution in [0.2, 0.25) is 0 Å². The van der Waals surface area contributed by atoms with Gasteiger partial charge in [0.05, 0.1) is 6.61 Å². The number of hydrazine groups is 1. The van der Waals surface area contributed by atoms with E-state index >= 15 is 0 Å². The fourth-order valence-electron chi connectivity index (χ4n) is 1.78. The molecule has 0 aromatic heterocycles. The molecule has 9 heteroatoms. The van der Waals surface area contributed by atoms with Crippen molar-refractivity contribution in [1.29, 1.82) is 0 Å². The van der Waals surface area contributed by atoms with E-state index in [1.165, 1.54) is 0 Å². The van der Waals surface area contributed by atoms with Crippen LogP contribution in [0, 0.1) is 13.8 Å². The average molecular weight is 393 g/mol. The van der Waals surface area contributed by atoms with Gasteiger partial charge in [-0.3, -0.25) is 25.8 Å². The Labute approximate surface area is 163 Å². The molecule has 3 N–H and O–H groups in total. The lowest BCUT2D eigenvalue weighted by Crippen LogP contribution is -2.51. The molecule has 1 atom stereocenters. The van der Waals surface area contributed by atoms with Gasteiger partial charge in [0.15, 0.2) is 11.2 Å². The van der Waals surface area contributed by atoms with Crippen molar-refractivity contribution < 1.29 is 23.9 Å². The molecule has 0 aliphatic carbocycles. The Morgan fingerprint density at radius 1 is 1.15 bits per heavy atom. The molecular formula is C18H23N3O5S. The fourth-order valence-corrected chi connectivity index (χ4v) is 1.94. The first-order chi connectivity index (χ1) is 12.7. The van der Waals surface area contributed by atoms with Crippen LogP contribution in [0.5, 0.6) is 5.75 Å². The first-order valence-electron chi connectivity index (χ1n) is 8.22. The van der Waals surface area contributed by atoms with E-state index < -0.39 is 23.9 Å². The lowest BCUT2D eigenvalue weighted by molar-refractivity contribution is -0.137. The Morgan fingerprint density at radius 2 is 1.85 bits per heavy atom. The third-order valence-corrected chi connectivity index (χ3v) is 3.56. The Hall–Kier alpha value is -2.94. The van der Waals surface area contributed by atoms with Gasteiger partial charge < -0.3 is 9.47 Å². The summed E-state index contributed by atoms with van der Waals surface area (Å²) in [5.41, 5.74) is 6.89. The SMILES string of the molecule is CCOC(=O)/C=C/C(=O)NC(=S)NNC(=O)C(C)Oc1ccc(C)c(C)c1. The topological polar surface area (TPSA) is 106 Å². The van der Waals surface area contributed by atoms with Crippen molar-refractivity contribution in [3.63, 3.8) is 0 Å². The second kappa shape index (κ2) is 10.9. The highest BCUT2D eigenvalue weighted by Gasteiger charge is 2.15. The highest BCUT2D eigenvalue weighted by Crippen LogP contribution is 2.17. The zero-order chi connectivity index (χ0) is 20.4. The lowest BCUT2D eigenvalue weighted by atomic mass is 10.1. The van der Waals surface area contributed by atoms with Gasteiger partial charge in [0.2, 0.25) is 5.91 Å². The van der Waals surface area contributed by atoms with E-state index in [-0.39, 0.29) is 11.7 Å². The molecule has 2 amide bonds. The highest BCUT2D eigenvalue weighted by molar-refractivity contribution is 7.80. The quantitative estimate of drug-likeness (QED) is 0.289. The minimum atomic E-state index is -0.790. The maximum atomic E-state index is 12.0. The van der Waals surface area contributed by atoms with Gasteiger partial charge in [-0.15, -0.1) is 0 Å². The molecule has 0 saturated carbocycles. The van der Waals surface area contributed by atoms with Gasteiger partial charge in [-0.05, 0) is 63.2 Å². The standard InChI is InChI=1S/C18H23N3O5S/c1-5-25-16(23)9-8-15(22)19-18(27)21-20-17(24)13(4)26-14-7-6-11(2)12(3)10-14/h6-10,13H,5H2,1-4H3,(H,20,24)(H2,19,21,22,27)/b9-8+. The van der Waals surface area contributed by atoms with Crippen LogP contribution < -0.4 is 20.9 Å². The number of ether oxygens (including phenoxy) is 2. The highest BCUT2D eigenvalue weighted by atomic mass is 32.1. The number of nitrogens with one attached hydrogen (secondary N) is 3. The Balaban J connectivity index is 2.41. The van der Waals surface area contributed by atoms with Crippen LogP contribution in [-0.2, 0) is 19.1 Å². The summed E-state index contributed by atoms with van der Waals surface area (Å²) >= 11 is 4.88. The van der Waals surface area contributed by atoms with Crippen molar-refractivity contribution in [1.82, 2.24) is 16.2 Å². The Kier molecular flexibility index (Phi) is 8.94. The van der Waals surface area contributed by atoms with Gasteiger partial charge in [0.1, 0.15) is 5.75 Å². The molecule has 1 aromatic rings. The molecule has 8 nitrogen and oxygen atoms in total. The van der Waals surface area contributed by atoms with Crippen LogP contribution in [0.25, 0.3) is 0 Å². The van der Waals surface area contributed by atoms with Crippen molar-refractivity contribution >= 4 is 35.1 Å². The van der Waals surface area contributed by atoms with Gasteiger partial charge in [0, 0.05) is 12.2 Å². The Morgan fingerprint density at radius 3 is 2.48 bits per heavy atom. The molecule has 146 valence electrons. The number of thiocarbonyl (C=S) groups is 1. The molecule has 0 aliphatic rings. The van der Waals surface area contributed by atoms with E-state index in [2.05, 4.69) is 20.9 Å². The normalized spacial score (nSPS) is 11.4. The molecule has 0 aliphatic heterocycles. The average Bonchev–Trinajstić information content (AvgIpc) is 2.61. The van der Waals surface area contributed by atoms with Crippen LogP contribution in [0.3, 0.4) is 0 Å². The number of rotatable bonds is 6. The minimum Gasteiger partial charge on any atom is -0.481 e. The van der Waals surface area contributed by atoms with Gasteiger partial charge in [-0.25, -0.2) is 4.79 Å². The number of hydrogen-bond donors (Lipinski definition) is 3. The van der Waals surface area contributed by atoms with E-state index in [4.69, 9.17) is 17.0 Å². The molecule has 0 radical (unpaired) electrons. The van der Waals surface area contributed by atoms with Crippen molar-refractivity contribution in [3.8, 4) is 5.75 Å². The number of hydrogen-bond acceptors (Lipinski definition) is 6. The van der Waals surface area contributed by atoms with Crippen LogP contribution >= 0.6 is 12.2 Å². The number of benzene rings is 1. The number of carbonyl (C=O) groups excluding carboxylic acids is 3. The molecule has 0 spiro atoms. The predicted molar refractivity (Wildman–Crippen MR) is 104 cm³/mol. The summed E-state index contributed by atoms with van der Waals surface area (Å²) in [5.74, 6) is -1.20. The largest absolute Gasteiger partial charge is 0.481 e. The summed E-state index contributed by atoms with van der Waals surface area (Å²) in [6.07, 6.45) is 1.15. The molecule has 1 aromatic carbocycles. The lowest BCUT2D eigenvalue weighted by Gasteiger charge is -2.16. The molecule has 0 fully saturated rings. The molecule has 1 unspecified atom stereocenters.